The van der Waals surface area contributed by atoms with Gasteiger partial charge in [0.2, 0.25) is 0 Å². The van der Waals surface area contributed by atoms with Crippen molar-refractivity contribution < 1.29 is 42.3 Å². The zero-order valence-corrected chi connectivity index (χ0v) is 28.6. The van der Waals surface area contributed by atoms with Crippen LogP contribution in [0.5, 0.6) is 0 Å². The summed E-state index contributed by atoms with van der Waals surface area (Å²) in [5, 5.41) is 7.32. The first-order valence-corrected chi connectivity index (χ1v) is 16.1. The number of nitriles is 1. The number of aryl methyl sites for hydroxylation is 6. The molecule has 5 rings (SSSR count). The smallest absolute Gasteiger partial charge is 1.00 e. The predicted octanol–water partition coefficient (Wildman–Crippen LogP) is 12.3. The van der Waals surface area contributed by atoms with E-state index >= 15 is 0 Å². The van der Waals surface area contributed by atoms with Crippen LogP contribution in [-0.4, -0.2) is 15.0 Å². The second-order valence-electron chi connectivity index (χ2n) is 11.0. The molecular formula is C35H34CuF6N4P. The van der Waals surface area contributed by atoms with Crippen LogP contribution in [0.2, 0.25) is 0 Å². The summed E-state index contributed by atoms with van der Waals surface area (Å²) in [4.78, 5) is 15.0. The Hall–Kier alpha value is -4.09. The van der Waals surface area contributed by atoms with Crippen molar-refractivity contribution >= 4 is 7.81 Å². The van der Waals surface area contributed by atoms with Crippen molar-refractivity contribution in [3.05, 3.63) is 112 Å². The fourth-order valence-electron chi connectivity index (χ4n) is 5.32. The maximum absolute atomic E-state index is 10.7. The fraction of sp³-hybridized carbons (Fsp3) is 0.200. The number of pyridine rings is 3. The van der Waals surface area contributed by atoms with Crippen LogP contribution in [0, 0.1) is 52.9 Å². The Morgan fingerprint density at radius 2 is 0.681 bits per heavy atom. The molecule has 0 bridgehead atoms. The summed E-state index contributed by atoms with van der Waals surface area (Å²) in [6.45, 7) is 14.3. The summed E-state index contributed by atoms with van der Waals surface area (Å²) >= 11 is 0. The molecule has 12 heteroatoms. The fourth-order valence-corrected chi connectivity index (χ4v) is 5.32. The van der Waals surface area contributed by atoms with Crippen LogP contribution >= 0.6 is 7.81 Å². The second-order valence-corrected chi connectivity index (χ2v) is 12.9. The minimum absolute atomic E-state index is 0. The molecule has 0 spiro atoms. The van der Waals surface area contributed by atoms with E-state index in [0.717, 1.165) is 34.2 Å². The third-order valence-electron chi connectivity index (χ3n) is 6.64. The van der Waals surface area contributed by atoms with Crippen LogP contribution in [0.25, 0.3) is 45.3 Å². The van der Waals surface area contributed by atoms with Gasteiger partial charge in [-0.3, -0.25) is 0 Å². The van der Waals surface area contributed by atoms with Crippen molar-refractivity contribution in [2.45, 2.75) is 48.5 Å². The van der Waals surface area contributed by atoms with Gasteiger partial charge in [0.1, 0.15) is 0 Å². The Morgan fingerprint density at radius 1 is 0.489 bits per heavy atom. The van der Waals surface area contributed by atoms with Crippen LogP contribution in [-0.2, 0) is 17.1 Å². The Bertz CT molecular complexity index is 1770. The third-order valence-corrected chi connectivity index (χ3v) is 6.64. The number of nitrogens with zero attached hydrogens (tertiary/aromatic N) is 4. The topological polar surface area (TPSA) is 62.5 Å². The van der Waals surface area contributed by atoms with Crippen LogP contribution in [0.4, 0.5) is 25.2 Å². The van der Waals surface area contributed by atoms with E-state index in [0.29, 0.717) is 0 Å². The molecule has 0 saturated heterocycles. The molecule has 0 aliphatic carbocycles. The summed E-state index contributed by atoms with van der Waals surface area (Å²) in [6.07, 6.45) is 0. The van der Waals surface area contributed by atoms with Crippen molar-refractivity contribution in [2.75, 3.05) is 0 Å². The SMILES string of the molecule is CC#N.Cc1cc(C)c(-c2cccc(-c3cccc(-c4cccc(-c5c(C)cc(C)cc5C)n4)n3)n2)c(C)c1.F[P-](F)(F)(F)(F)F.[Cu+]. The molecule has 0 radical (unpaired) electrons. The Labute approximate surface area is 281 Å². The van der Waals surface area contributed by atoms with Gasteiger partial charge in [-0.25, -0.2) is 15.0 Å². The Balaban J connectivity index is 0.000000613. The normalized spacial score (nSPS) is 12.1. The first kappa shape index (κ1) is 39.1. The van der Waals surface area contributed by atoms with Gasteiger partial charge in [0, 0.05) is 18.1 Å². The zero-order chi connectivity index (χ0) is 34.5. The summed E-state index contributed by atoms with van der Waals surface area (Å²) in [7, 11) is -10.7. The Morgan fingerprint density at radius 3 is 0.915 bits per heavy atom. The van der Waals surface area contributed by atoms with Gasteiger partial charge in [-0.05, 0) is 100 Å². The van der Waals surface area contributed by atoms with E-state index in [4.69, 9.17) is 20.2 Å². The van der Waals surface area contributed by atoms with Gasteiger partial charge in [0.05, 0.1) is 40.2 Å². The molecule has 0 N–H and O–H groups in total. The van der Waals surface area contributed by atoms with E-state index in [2.05, 4.69) is 90.1 Å². The molecular weight excluding hydrogens is 685 g/mol. The molecule has 47 heavy (non-hydrogen) atoms. The van der Waals surface area contributed by atoms with Crippen molar-refractivity contribution in [3.63, 3.8) is 0 Å². The summed E-state index contributed by atoms with van der Waals surface area (Å²) < 4.78 is 59.2. The van der Waals surface area contributed by atoms with Gasteiger partial charge in [0.15, 0.2) is 0 Å². The molecule has 252 valence electrons. The summed E-state index contributed by atoms with van der Waals surface area (Å²) in [5.41, 5.74) is 15.2. The van der Waals surface area contributed by atoms with Crippen LogP contribution in [0.3, 0.4) is 0 Å². The molecule has 2 aromatic carbocycles. The summed E-state index contributed by atoms with van der Waals surface area (Å²) in [6, 6.07) is 29.0. The zero-order valence-electron chi connectivity index (χ0n) is 26.8. The Kier molecular flexibility index (Phi) is 11.9. The van der Waals surface area contributed by atoms with E-state index < -0.39 is 7.81 Å². The van der Waals surface area contributed by atoms with Gasteiger partial charge in [0.25, 0.3) is 0 Å². The minimum atomic E-state index is -10.7. The summed E-state index contributed by atoms with van der Waals surface area (Å²) in [5.74, 6) is 0. The quantitative estimate of drug-likeness (QED) is 0.105. The standard InChI is InChI=1S/C33H31N3.C2H3N.Cu.F6P/c1-20-16-22(3)32(23(4)17-20)30-14-8-12-28(35-30)26-10-7-11-27(34-26)29-13-9-15-31(36-29)33-24(5)18-21(2)19-25(33)6;1-2-3;;1-7(2,3,4,5)6/h7-19H,1-6H3;1H3;;/q;;+1;-1. The number of hydrogen-bond acceptors (Lipinski definition) is 4. The van der Waals surface area contributed by atoms with Gasteiger partial charge in [-0.2, -0.15) is 5.26 Å². The molecule has 0 aliphatic rings. The van der Waals surface area contributed by atoms with Crippen molar-refractivity contribution in [2.24, 2.45) is 0 Å². The first-order valence-electron chi connectivity index (χ1n) is 14.1. The molecule has 4 nitrogen and oxygen atoms in total. The number of rotatable bonds is 4. The molecule has 0 unspecified atom stereocenters. The van der Waals surface area contributed by atoms with E-state index in [1.165, 1.54) is 51.4 Å². The average Bonchev–Trinajstić information content (AvgIpc) is 2.91. The molecule has 3 aromatic heterocycles. The molecule has 0 fully saturated rings. The molecule has 0 saturated carbocycles. The number of aromatic nitrogens is 3. The van der Waals surface area contributed by atoms with Gasteiger partial charge in [-0.15, -0.1) is 0 Å². The molecule has 0 amide bonds. The van der Waals surface area contributed by atoms with E-state index in [1.54, 1.807) is 6.07 Å². The van der Waals surface area contributed by atoms with E-state index in [9.17, 15) is 25.2 Å². The van der Waals surface area contributed by atoms with Crippen molar-refractivity contribution in [3.8, 4) is 51.4 Å². The molecule has 5 aromatic rings. The largest absolute Gasteiger partial charge is 1.00 e. The van der Waals surface area contributed by atoms with E-state index in [-0.39, 0.29) is 17.1 Å². The maximum Gasteiger partial charge on any atom is 1.00 e. The van der Waals surface area contributed by atoms with Crippen molar-refractivity contribution in [1.82, 2.24) is 15.0 Å². The maximum atomic E-state index is 9.87. The number of benzene rings is 2. The van der Waals surface area contributed by atoms with Gasteiger partial charge >= 0.3 is 50.1 Å². The molecule has 0 aliphatic heterocycles. The van der Waals surface area contributed by atoms with Crippen LogP contribution < -0.4 is 0 Å². The van der Waals surface area contributed by atoms with Gasteiger partial charge in [-0.1, -0.05) is 53.6 Å². The molecule has 3 heterocycles. The van der Waals surface area contributed by atoms with Crippen LogP contribution in [0.1, 0.15) is 40.3 Å². The third kappa shape index (κ3) is 12.2. The first-order chi connectivity index (χ1) is 21.2. The van der Waals surface area contributed by atoms with Gasteiger partial charge < -0.3 is 0 Å². The number of hydrogen-bond donors (Lipinski definition) is 0. The second kappa shape index (κ2) is 14.4. The number of halogens is 6. The predicted molar refractivity (Wildman–Crippen MR) is 175 cm³/mol. The van der Waals surface area contributed by atoms with Crippen LogP contribution in [0.15, 0.2) is 78.9 Å². The average molecular weight is 719 g/mol. The van der Waals surface area contributed by atoms with Crippen molar-refractivity contribution in [1.29, 1.82) is 5.26 Å². The minimum Gasteiger partial charge on any atom is 1.00 e. The molecule has 0 atom stereocenters. The van der Waals surface area contributed by atoms with E-state index in [1.807, 2.05) is 30.3 Å². The monoisotopic (exact) mass is 718 g/mol.